The molecule has 0 saturated heterocycles. The van der Waals surface area contributed by atoms with Gasteiger partial charge in [-0.1, -0.05) is 69.3 Å². The van der Waals surface area contributed by atoms with Gasteiger partial charge >= 0.3 is 0 Å². The first-order valence-corrected chi connectivity index (χ1v) is 11.5. The predicted octanol–water partition coefficient (Wildman–Crippen LogP) is 6.19. The van der Waals surface area contributed by atoms with E-state index in [9.17, 15) is 10.1 Å². The summed E-state index contributed by atoms with van der Waals surface area (Å²) < 4.78 is 0. The topological polar surface area (TPSA) is 106 Å². The summed E-state index contributed by atoms with van der Waals surface area (Å²) in [5, 5.41) is 17.5. The molecule has 0 fully saturated rings. The summed E-state index contributed by atoms with van der Waals surface area (Å²) >= 11 is 0. The van der Waals surface area contributed by atoms with Crippen LogP contribution in [0.4, 0.5) is 17.1 Å². The second-order valence-electron chi connectivity index (χ2n) is 7.14. The van der Waals surface area contributed by atoms with Crippen LogP contribution < -0.4 is 16.4 Å². The third kappa shape index (κ3) is 8.94. The van der Waals surface area contributed by atoms with Crippen molar-refractivity contribution >= 4 is 22.9 Å². The van der Waals surface area contributed by atoms with E-state index in [1.54, 1.807) is 31.3 Å². The minimum Gasteiger partial charge on any atom is -0.398 e. The molecule has 0 amide bonds. The number of amidine groups is 1. The van der Waals surface area contributed by atoms with Crippen molar-refractivity contribution in [3.8, 4) is 0 Å². The van der Waals surface area contributed by atoms with Crippen LogP contribution in [0.3, 0.4) is 0 Å². The number of hydrogen-bond donors (Lipinski definition) is 3. The van der Waals surface area contributed by atoms with E-state index < -0.39 is 4.92 Å². The average Bonchev–Trinajstić information content (AvgIpc) is 2.86. The molecule has 7 nitrogen and oxygen atoms in total. The SMILES string of the molecule is CC.CCCNc1ccccc1C.CN=C(NCc1ccccc1[N+](=O)[O-])c1ccccc1N. The zero-order valence-electron chi connectivity index (χ0n) is 20.8. The molecule has 0 aliphatic rings. The number of nitrogens with one attached hydrogen (secondary N) is 2. The van der Waals surface area contributed by atoms with Gasteiger partial charge in [0.15, 0.2) is 0 Å². The summed E-state index contributed by atoms with van der Waals surface area (Å²) in [7, 11) is 1.65. The largest absolute Gasteiger partial charge is 0.398 e. The first-order chi connectivity index (χ1) is 16.5. The van der Waals surface area contributed by atoms with Gasteiger partial charge in [0, 0.05) is 48.7 Å². The van der Waals surface area contributed by atoms with Crippen LogP contribution in [-0.2, 0) is 6.54 Å². The Bertz CT molecular complexity index is 1050. The number of rotatable bonds is 7. The number of anilines is 2. The van der Waals surface area contributed by atoms with E-state index in [-0.39, 0.29) is 5.69 Å². The Kier molecular flexibility index (Phi) is 13.1. The minimum atomic E-state index is -0.392. The predicted molar refractivity (Wildman–Crippen MR) is 145 cm³/mol. The van der Waals surface area contributed by atoms with Gasteiger partial charge < -0.3 is 16.4 Å². The fourth-order valence-electron chi connectivity index (χ4n) is 3.06. The summed E-state index contributed by atoms with van der Waals surface area (Å²) in [4.78, 5) is 14.8. The Hall–Kier alpha value is -3.87. The van der Waals surface area contributed by atoms with Crippen LogP contribution in [-0.4, -0.2) is 24.4 Å². The Labute approximate surface area is 203 Å². The van der Waals surface area contributed by atoms with E-state index in [1.165, 1.54) is 23.7 Å². The third-order valence-electron chi connectivity index (χ3n) is 4.78. The smallest absolute Gasteiger partial charge is 0.274 e. The van der Waals surface area contributed by atoms with E-state index in [1.807, 2.05) is 32.0 Å². The molecule has 7 heteroatoms. The molecule has 0 unspecified atom stereocenters. The van der Waals surface area contributed by atoms with Crippen LogP contribution in [0.15, 0.2) is 77.8 Å². The van der Waals surface area contributed by atoms with E-state index in [4.69, 9.17) is 5.73 Å². The van der Waals surface area contributed by atoms with Gasteiger partial charge in [-0.05, 0) is 37.1 Å². The van der Waals surface area contributed by atoms with Crippen LogP contribution in [0.1, 0.15) is 43.9 Å². The summed E-state index contributed by atoms with van der Waals surface area (Å²) in [5.74, 6) is 0.603. The van der Waals surface area contributed by atoms with Crippen LogP contribution in [0.2, 0.25) is 0 Å². The highest BCUT2D eigenvalue weighted by Gasteiger charge is 2.13. The average molecular weight is 464 g/mol. The number of aryl methyl sites for hydroxylation is 1. The molecule has 0 aromatic heterocycles. The van der Waals surface area contributed by atoms with Gasteiger partial charge in [0.25, 0.3) is 5.69 Å². The van der Waals surface area contributed by atoms with Crippen molar-refractivity contribution in [3.63, 3.8) is 0 Å². The molecule has 0 atom stereocenters. The van der Waals surface area contributed by atoms with Crippen molar-refractivity contribution < 1.29 is 4.92 Å². The monoisotopic (exact) mass is 463 g/mol. The molecule has 3 aromatic carbocycles. The van der Waals surface area contributed by atoms with Crippen molar-refractivity contribution in [2.75, 3.05) is 24.6 Å². The number of aliphatic imine (C=N–C) groups is 1. The lowest BCUT2D eigenvalue weighted by Gasteiger charge is -2.11. The zero-order valence-corrected chi connectivity index (χ0v) is 20.8. The number of benzene rings is 3. The van der Waals surface area contributed by atoms with Crippen molar-refractivity contribution in [3.05, 3.63) is 99.6 Å². The highest BCUT2D eigenvalue weighted by Crippen LogP contribution is 2.18. The second kappa shape index (κ2) is 15.9. The molecule has 4 N–H and O–H groups in total. The van der Waals surface area contributed by atoms with Crippen molar-refractivity contribution in [2.24, 2.45) is 4.99 Å². The van der Waals surface area contributed by atoms with Crippen molar-refractivity contribution in [2.45, 2.75) is 40.7 Å². The van der Waals surface area contributed by atoms with Crippen LogP contribution >= 0.6 is 0 Å². The molecule has 0 aliphatic heterocycles. The lowest BCUT2D eigenvalue weighted by Crippen LogP contribution is -2.25. The van der Waals surface area contributed by atoms with Crippen LogP contribution in [0.25, 0.3) is 0 Å². The molecule has 0 spiro atoms. The number of hydrogen-bond acceptors (Lipinski definition) is 5. The van der Waals surface area contributed by atoms with Gasteiger partial charge in [0.2, 0.25) is 0 Å². The number of nitrogen functional groups attached to an aromatic ring is 1. The molecule has 34 heavy (non-hydrogen) atoms. The molecular formula is C27H37N5O2. The number of nitrogens with zero attached hydrogens (tertiary/aromatic N) is 2. The number of para-hydroxylation sites is 3. The fraction of sp³-hybridized carbons (Fsp3) is 0.296. The first kappa shape index (κ1) is 28.2. The minimum absolute atomic E-state index is 0.0847. The molecule has 0 saturated carbocycles. The quantitative estimate of drug-likeness (QED) is 0.127. The van der Waals surface area contributed by atoms with Gasteiger partial charge in [-0.25, -0.2) is 0 Å². The number of nitro groups is 1. The third-order valence-corrected chi connectivity index (χ3v) is 4.78. The second-order valence-corrected chi connectivity index (χ2v) is 7.14. The normalized spacial score (nSPS) is 10.2. The lowest BCUT2D eigenvalue weighted by atomic mass is 10.1. The zero-order chi connectivity index (χ0) is 25.3. The van der Waals surface area contributed by atoms with E-state index in [2.05, 4.69) is 53.7 Å². The molecule has 182 valence electrons. The highest BCUT2D eigenvalue weighted by molar-refractivity contribution is 6.02. The molecule has 0 bridgehead atoms. The van der Waals surface area contributed by atoms with Crippen molar-refractivity contribution in [1.82, 2.24) is 5.32 Å². The maximum atomic E-state index is 11.0. The highest BCUT2D eigenvalue weighted by atomic mass is 16.6. The summed E-state index contributed by atoms with van der Waals surface area (Å²) in [6.07, 6.45) is 1.17. The van der Waals surface area contributed by atoms with Crippen molar-refractivity contribution in [1.29, 1.82) is 0 Å². The van der Waals surface area contributed by atoms with Gasteiger partial charge in [0.05, 0.1) is 4.92 Å². The van der Waals surface area contributed by atoms with Gasteiger partial charge in [0.1, 0.15) is 5.84 Å². The molecule has 3 rings (SSSR count). The van der Waals surface area contributed by atoms with Gasteiger partial charge in [-0.2, -0.15) is 0 Å². The van der Waals surface area contributed by atoms with Crippen LogP contribution in [0.5, 0.6) is 0 Å². The fourth-order valence-corrected chi connectivity index (χ4v) is 3.06. The van der Waals surface area contributed by atoms with E-state index in [0.29, 0.717) is 23.6 Å². The Balaban J connectivity index is 0.000000374. The van der Waals surface area contributed by atoms with Gasteiger partial charge in [-0.3, -0.25) is 15.1 Å². The molecule has 0 aliphatic carbocycles. The Morgan fingerprint density at radius 2 is 1.62 bits per heavy atom. The maximum absolute atomic E-state index is 11.0. The number of nitro benzene ring substituents is 1. The Morgan fingerprint density at radius 1 is 1.00 bits per heavy atom. The lowest BCUT2D eigenvalue weighted by molar-refractivity contribution is -0.385. The molecular weight excluding hydrogens is 426 g/mol. The number of nitrogens with two attached hydrogens (primary N) is 1. The maximum Gasteiger partial charge on any atom is 0.274 e. The summed E-state index contributed by atoms with van der Waals surface area (Å²) in [5.41, 5.74) is 10.6. The molecule has 3 aromatic rings. The Morgan fingerprint density at radius 3 is 2.24 bits per heavy atom. The van der Waals surface area contributed by atoms with Gasteiger partial charge in [-0.15, -0.1) is 0 Å². The molecule has 0 heterocycles. The first-order valence-electron chi connectivity index (χ1n) is 11.5. The molecule has 0 radical (unpaired) electrons. The summed E-state index contributed by atoms with van der Waals surface area (Å²) in [6, 6.07) is 22.3. The summed E-state index contributed by atoms with van der Waals surface area (Å²) in [6.45, 7) is 9.66. The van der Waals surface area contributed by atoms with E-state index in [0.717, 1.165) is 12.1 Å². The standard InChI is InChI=1S/C15H16N4O2.C10H15N.C2H6/c1-17-15(12-7-3-4-8-13(12)16)18-10-11-6-2-5-9-14(11)19(20)21;1-3-8-11-10-7-5-4-6-9(10)2;1-2/h2-9H,10,16H2,1H3,(H,17,18);4-7,11H,3,8H2,1-2H3;1-2H3. The van der Waals surface area contributed by atoms with Crippen LogP contribution in [0, 0.1) is 17.0 Å². The van der Waals surface area contributed by atoms with E-state index >= 15 is 0 Å².